The number of rotatable bonds is 5. The molecule has 3 aromatic rings. The Kier molecular flexibility index (Phi) is 6.85. The molecule has 0 aromatic heterocycles. The number of fused-ring (bicyclic) bond motifs is 1. The van der Waals surface area contributed by atoms with Crippen LogP contribution in [0.2, 0.25) is 5.02 Å². The summed E-state index contributed by atoms with van der Waals surface area (Å²) in [6.07, 6.45) is 0.161. The average Bonchev–Trinajstić information content (AvgIpc) is 3.27. The highest BCUT2D eigenvalue weighted by Gasteiger charge is 2.50. The van der Waals surface area contributed by atoms with Crippen LogP contribution < -0.4 is 9.64 Å². The fourth-order valence-corrected chi connectivity index (χ4v) is 8.53. The Balaban J connectivity index is 1.52. The van der Waals surface area contributed by atoms with Crippen LogP contribution in [-0.2, 0) is 21.1 Å². The predicted octanol–water partition coefficient (Wildman–Crippen LogP) is 5.59. The molecule has 0 saturated carbocycles. The van der Waals surface area contributed by atoms with Crippen LogP contribution in [0.3, 0.4) is 0 Å². The van der Waals surface area contributed by atoms with Crippen molar-refractivity contribution in [2.45, 2.75) is 31.6 Å². The second kappa shape index (κ2) is 9.92. The molecular weight excluding hydrogens is 516 g/mol. The van der Waals surface area contributed by atoms with Gasteiger partial charge in [0.05, 0.1) is 29.7 Å². The standard InChI is InChI=1S/C27H25ClN2O4S2/c1-17-6-8-19(9-7-17)13-26(31)29-27-30(23-15-36(32,33)16-25(23)35-27)22-14-20(28)10-11-24(22)34-21-5-3-4-18(2)12-21/h3-12,14,23,25H,13,15-16H2,1-2H3. The molecule has 2 saturated heterocycles. The Hall–Kier alpha value is -2.81. The van der Waals surface area contributed by atoms with E-state index in [0.717, 1.165) is 16.7 Å². The molecule has 36 heavy (non-hydrogen) atoms. The molecule has 0 spiro atoms. The number of anilines is 1. The van der Waals surface area contributed by atoms with Crippen molar-refractivity contribution in [1.29, 1.82) is 0 Å². The molecule has 1 amide bonds. The van der Waals surface area contributed by atoms with Gasteiger partial charge in [0.15, 0.2) is 20.8 Å². The van der Waals surface area contributed by atoms with Crippen molar-refractivity contribution in [1.82, 2.24) is 0 Å². The van der Waals surface area contributed by atoms with Crippen molar-refractivity contribution < 1.29 is 17.9 Å². The van der Waals surface area contributed by atoms with Gasteiger partial charge in [-0.3, -0.25) is 4.79 Å². The van der Waals surface area contributed by atoms with Crippen molar-refractivity contribution in [3.05, 3.63) is 88.4 Å². The first kappa shape index (κ1) is 24.9. The van der Waals surface area contributed by atoms with Gasteiger partial charge in [-0.25, -0.2) is 8.42 Å². The molecule has 2 fully saturated rings. The van der Waals surface area contributed by atoms with E-state index in [1.165, 1.54) is 11.8 Å². The van der Waals surface area contributed by atoms with E-state index in [-0.39, 0.29) is 35.1 Å². The molecule has 2 heterocycles. The lowest BCUT2D eigenvalue weighted by atomic mass is 10.1. The number of aliphatic imine (C=N–C) groups is 1. The summed E-state index contributed by atoms with van der Waals surface area (Å²) in [4.78, 5) is 19.2. The highest BCUT2D eigenvalue weighted by atomic mass is 35.5. The molecule has 186 valence electrons. The van der Waals surface area contributed by atoms with Crippen molar-refractivity contribution >= 4 is 50.0 Å². The number of thioether (sulfide) groups is 1. The van der Waals surface area contributed by atoms with Crippen LogP contribution in [0.15, 0.2) is 71.7 Å². The van der Waals surface area contributed by atoms with Gasteiger partial charge in [0.2, 0.25) is 0 Å². The maximum absolute atomic E-state index is 13.0. The van der Waals surface area contributed by atoms with E-state index in [9.17, 15) is 13.2 Å². The van der Waals surface area contributed by atoms with Crippen LogP contribution in [0.4, 0.5) is 5.69 Å². The predicted molar refractivity (Wildman–Crippen MR) is 146 cm³/mol. The largest absolute Gasteiger partial charge is 0.455 e. The fraction of sp³-hybridized carbons (Fsp3) is 0.259. The zero-order chi connectivity index (χ0) is 25.4. The van der Waals surface area contributed by atoms with E-state index in [1.807, 2.05) is 67.3 Å². The Bertz CT molecular complexity index is 1450. The molecule has 6 nitrogen and oxygen atoms in total. The van der Waals surface area contributed by atoms with E-state index in [4.69, 9.17) is 16.3 Å². The molecule has 0 aliphatic carbocycles. The fourth-order valence-electron chi connectivity index (χ4n) is 4.44. The van der Waals surface area contributed by atoms with E-state index in [2.05, 4.69) is 4.99 Å². The minimum atomic E-state index is -3.21. The summed E-state index contributed by atoms with van der Waals surface area (Å²) in [6, 6.07) is 20.3. The summed E-state index contributed by atoms with van der Waals surface area (Å²) in [5.74, 6) is 0.881. The summed E-state index contributed by atoms with van der Waals surface area (Å²) in [5, 5.41) is 0.710. The van der Waals surface area contributed by atoms with Gasteiger partial charge in [-0.2, -0.15) is 4.99 Å². The van der Waals surface area contributed by atoms with Crippen LogP contribution in [-0.4, -0.2) is 42.3 Å². The Morgan fingerprint density at radius 2 is 1.83 bits per heavy atom. The van der Waals surface area contributed by atoms with Crippen molar-refractivity contribution in [2.24, 2.45) is 4.99 Å². The van der Waals surface area contributed by atoms with Crippen LogP contribution in [0.1, 0.15) is 16.7 Å². The van der Waals surface area contributed by atoms with Gasteiger partial charge in [-0.1, -0.05) is 65.3 Å². The van der Waals surface area contributed by atoms with Gasteiger partial charge >= 0.3 is 0 Å². The van der Waals surface area contributed by atoms with Crippen molar-refractivity contribution in [3.63, 3.8) is 0 Å². The number of amidine groups is 1. The first-order valence-corrected chi connectivity index (χ1v) is 14.6. The number of benzene rings is 3. The Labute approximate surface area is 220 Å². The second-order valence-electron chi connectivity index (χ2n) is 9.15. The monoisotopic (exact) mass is 540 g/mol. The first-order chi connectivity index (χ1) is 17.2. The van der Waals surface area contributed by atoms with Gasteiger partial charge < -0.3 is 9.64 Å². The van der Waals surface area contributed by atoms with E-state index in [0.29, 0.717) is 27.4 Å². The van der Waals surface area contributed by atoms with Crippen LogP contribution in [0, 0.1) is 13.8 Å². The number of halogens is 1. The molecular formula is C27H25ClN2O4S2. The molecule has 9 heteroatoms. The summed E-state index contributed by atoms with van der Waals surface area (Å²) >= 11 is 7.71. The van der Waals surface area contributed by atoms with Gasteiger partial charge in [0.25, 0.3) is 5.91 Å². The number of carbonyl (C=O) groups excluding carboxylic acids is 1. The van der Waals surface area contributed by atoms with Gasteiger partial charge in [-0.05, 0) is 55.3 Å². The number of hydrogen-bond donors (Lipinski definition) is 0. The molecule has 0 radical (unpaired) electrons. The Morgan fingerprint density at radius 1 is 1.06 bits per heavy atom. The maximum Gasteiger partial charge on any atom is 0.252 e. The summed E-state index contributed by atoms with van der Waals surface area (Å²) in [7, 11) is -3.21. The molecule has 2 aliphatic heterocycles. The molecule has 0 bridgehead atoms. The molecule has 2 atom stereocenters. The highest BCUT2D eigenvalue weighted by Crippen LogP contribution is 2.45. The summed E-state index contributed by atoms with van der Waals surface area (Å²) in [5.41, 5.74) is 3.62. The van der Waals surface area contributed by atoms with E-state index < -0.39 is 9.84 Å². The van der Waals surface area contributed by atoms with E-state index >= 15 is 0 Å². The number of sulfone groups is 1. The number of ether oxygens (including phenoxy) is 1. The smallest absolute Gasteiger partial charge is 0.252 e. The van der Waals surface area contributed by atoms with Crippen LogP contribution >= 0.6 is 23.4 Å². The van der Waals surface area contributed by atoms with Gasteiger partial charge in [0.1, 0.15) is 5.75 Å². The SMILES string of the molecule is Cc1ccc(CC(=O)N=C2SC3CS(=O)(=O)CC3N2c2cc(Cl)ccc2Oc2cccc(C)c2)cc1. The minimum Gasteiger partial charge on any atom is -0.455 e. The number of hydrogen-bond acceptors (Lipinski definition) is 5. The maximum atomic E-state index is 13.0. The van der Waals surface area contributed by atoms with Crippen LogP contribution in [0.25, 0.3) is 0 Å². The minimum absolute atomic E-state index is 0.0216. The van der Waals surface area contributed by atoms with Gasteiger partial charge in [0, 0.05) is 10.3 Å². The molecule has 3 aromatic carbocycles. The van der Waals surface area contributed by atoms with Crippen molar-refractivity contribution in [3.8, 4) is 11.5 Å². The summed E-state index contributed by atoms with van der Waals surface area (Å²) < 4.78 is 31.2. The van der Waals surface area contributed by atoms with Crippen LogP contribution in [0.5, 0.6) is 11.5 Å². The lowest BCUT2D eigenvalue weighted by molar-refractivity contribution is -0.117. The third kappa shape index (κ3) is 5.45. The quantitative estimate of drug-likeness (QED) is 0.420. The normalized spacial score (nSPS) is 21.5. The number of aryl methyl sites for hydroxylation is 2. The third-order valence-electron chi connectivity index (χ3n) is 6.16. The topological polar surface area (TPSA) is 76.0 Å². The lowest BCUT2D eigenvalue weighted by Gasteiger charge is -2.27. The molecule has 0 N–H and O–H groups in total. The van der Waals surface area contributed by atoms with E-state index in [1.54, 1.807) is 18.2 Å². The number of nitrogens with zero attached hydrogens (tertiary/aromatic N) is 2. The molecule has 2 aliphatic rings. The van der Waals surface area contributed by atoms with Gasteiger partial charge in [-0.15, -0.1) is 0 Å². The Morgan fingerprint density at radius 3 is 2.58 bits per heavy atom. The third-order valence-corrected chi connectivity index (χ3v) is 9.61. The summed E-state index contributed by atoms with van der Waals surface area (Å²) in [6.45, 7) is 3.97. The highest BCUT2D eigenvalue weighted by molar-refractivity contribution is 8.16. The molecule has 5 rings (SSSR count). The number of carbonyl (C=O) groups is 1. The zero-order valence-electron chi connectivity index (χ0n) is 19.8. The molecule has 2 unspecified atom stereocenters. The lowest BCUT2D eigenvalue weighted by Crippen LogP contribution is -2.38. The number of amides is 1. The first-order valence-electron chi connectivity index (χ1n) is 11.5. The van der Waals surface area contributed by atoms with Crippen molar-refractivity contribution in [2.75, 3.05) is 16.4 Å². The average molecular weight is 541 g/mol. The zero-order valence-corrected chi connectivity index (χ0v) is 22.2. The second-order valence-corrected chi connectivity index (χ2v) is 12.9.